The SMILES string of the molecule is c1ccc2c(c1)ccc1cc(N(c3ccc4oc5c6ccccc6ccc5c4c3)c3cc4ccccc4c4ccccc34)ccc12. The van der Waals surface area contributed by atoms with E-state index in [-0.39, 0.29) is 0 Å². The summed E-state index contributed by atoms with van der Waals surface area (Å²) in [5.74, 6) is 0. The highest BCUT2D eigenvalue weighted by Crippen LogP contribution is 2.45. The van der Waals surface area contributed by atoms with Gasteiger partial charge in [-0.1, -0.05) is 121 Å². The molecule has 0 aliphatic rings. The first-order valence-corrected chi connectivity index (χ1v) is 15.8. The van der Waals surface area contributed by atoms with Crippen molar-refractivity contribution in [2.24, 2.45) is 0 Å². The maximum Gasteiger partial charge on any atom is 0.143 e. The summed E-state index contributed by atoms with van der Waals surface area (Å²) >= 11 is 0. The molecule has 0 amide bonds. The lowest BCUT2D eigenvalue weighted by Crippen LogP contribution is -2.10. The second-order valence-electron chi connectivity index (χ2n) is 12.1. The smallest absolute Gasteiger partial charge is 0.143 e. The van der Waals surface area contributed by atoms with Crippen LogP contribution in [-0.4, -0.2) is 0 Å². The third-order valence-corrected chi connectivity index (χ3v) is 9.58. The number of furan rings is 1. The summed E-state index contributed by atoms with van der Waals surface area (Å²) in [5, 5.41) is 14.5. The third-order valence-electron chi connectivity index (χ3n) is 9.58. The van der Waals surface area contributed by atoms with Crippen LogP contribution in [0.5, 0.6) is 0 Å². The second kappa shape index (κ2) is 9.69. The Balaban J connectivity index is 1.28. The van der Waals surface area contributed by atoms with Crippen molar-refractivity contribution in [1.29, 1.82) is 0 Å². The lowest BCUT2D eigenvalue weighted by atomic mass is 9.98. The second-order valence-corrected chi connectivity index (χ2v) is 12.1. The summed E-state index contributed by atoms with van der Waals surface area (Å²) in [6, 6.07) is 59.2. The Bertz CT molecular complexity index is 2820. The molecule has 0 saturated carbocycles. The summed E-state index contributed by atoms with van der Waals surface area (Å²) in [7, 11) is 0. The summed E-state index contributed by atoms with van der Waals surface area (Å²) in [6.45, 7) is 0. The van der Waals surface area contributed by atoms with E-state index in [0.29, 0.717) is 0 Å². The monoisotopic (exact) mass is 585 g/mol. The standard InChI is InChI=1S/C44H27NO/c1-4-12-34-28(9-1)17-18-31-25-32(20-23-36(31)34)45(42-26-30-11-3-5-13-35(30)38-15-7-8-16-39(38)42)33-21-24-43-41(27-33)40-22-19-29-10-2-6-14-37(29)44(40)46-43/h1-27H. The van der Waals surface area contributed by atoms with Crippen LogP contribution in [0.15, 0.2) is 168 Å². The molecular formula is C44H27NO. The van der Waals surface area contributed by atoms with E-state index < -0.39 is 0 Å². The van der Waals surface area contributed by atoms with Gasteiger partial charge in [0.2, 0.25) is 0 Å². The fraction of sp³-hybridized carbons (Fsp3) is 0. The molecule has 10 rings (SSSR count). The predicted octanol–water partition coefficient (Wildman–Crippen LogP) is 12.8. The molecular weight excluding hydrogens is 558 g/mol. The molecule has 46 heavy (non-hydrogen) atoms. The van der Waals surface area contributed by atoms with Crippen LogP contribution in [0.25, 0.3) is 75.8 Å². The molecule has 0 aliphatic heterocycles. The van der Waals surface area contributed by atoms with Gasteiger partial charge in [-0.25, -0.2) is 0 Å². The van der Waals surface area contributed by atoms with E-state index in [0.717, 1.165) is 44.4 Å². The predicted molar refractivity (Wildman–Crippen MR) is 196 cm³/mol. The summed E-state index contributed by atoms with van der Waals surface area (Å²) in [4.78, 5) is 2.42. The van der Waals surface area contributed by atoms with E-state index in [9.17, 15) is 0 Å². The van der Waals surface area contributed by atoms with Crippen molar-refractivity contribution in [2.45, 2.75) is 0 Å². The molecule has 9 aromatic carbocycles. The molecule has 0 atom stereocenters. The van der Waals surface area contributed by atoms with Crippen LogP contribution in [-0.2, 0) is 0 Å². The van der Waals surface area contributed by atoms with Crippen LogP contribution in [0.3, 0.4) is 0 Å². The quantitative estimate of drug-likeness (QED) is 0.192. The number of nitrogens with zero attached hydrogens (tertiary/aromatic N) is 1. The molecule has 0 N–H and O–H groups in total. The first-order chi connectivity index (χ1) is 22.8. The van der Waals surface area contributed by atoms with Crippen molar-refractivity contribution in [3.05, 3.63) is 164 Å². The van der Waals surface area contributed by atoms with Crippen LogP contribution in [0.1, 0.15) is 0 Å². The number of benzene rings is 9. The normalized spacial score (nSPS) is 11.9. The van der Waals surface area contributed by atoms with Gasteiger partial charge in [0, 0.05) is 32.9 Å². The van der Waals surface area contributed by atoms with Crippen molar-refractivity contribution in [3.63, 3.8) is 0 Å². The maximum absolute atomic E-state index is 6.52. The Morgan fingerprint density at radius 1 is 0.326 bits per heavy atom. The highest BCUT2D eigenvalue weighted by Gasteiger charge is 2.20. The highest BCUT2D eigenvalue weighted by atomic mass is 16.3. The van der Waals surface area contributed by atoms with Gasteiger partial charge in [-0.15, -0.1) is 0 Å². The highest BCUT2D eigenvalue weighted by molar-refractivity contribution is 6.18. The van der Waals surface area contributed by atoms with Gasteiger partial charge in [0.05, 0.1) is 5.69 Å². The van der Waals surface area contributed by atoms with Crippen LogP contribution < -0.4 is 4.90 Å². The number of hydrogen-bond acceptors (Lipinski definition) is 2. The first-order valence-electron chi connectivity index (χ1n) is 15.8. The minimum Gasteiger partial charge on any atom is -0.455 e. The molecule has 0 aliphatic carbocycles. The summed E-state index contributed by atoms with van der Waals surface area (Å²) < 4.78 is 6.52. The van der Waals surface area contributed by atoms with Gasteiger partial charge < -0.3 is 9.32 Å². The van der Waals surface area contributed by atoms with E-state index >= 15 is 0 Å². The Kier molecular flexibility index (Phi) is 5.31. The number of anilines is 3. The van der Waals surface area contributed by atoms with Gasteiger partial charge in [0.15, 0.2) is 0 Å². The number of fused-ring (bicyclic) bond motifs is 11. The van der Waals surface area contributed by atoms with Crippen molar-refractivity contribution < 1.29 is 4.42 Å². The Morgan fingerprint density at radius 3 is 1.67 bits per heavy atom. The zero-order valence-electron chi connectivity index (χ0n) is 24.9. The zero-order chi connectivity index (χ0) is 30.2. The minimum absolute atomic E-state index is 0.892. The van der Waals surface area contributed by atoms with Crippen molar-refractivity contribution in [2.75, 3.05) is 4.90 Å². The molecule has 1 aromatic heterocycles. The molecule has 0 bridgehead atoms. The van der Waals surface area contributed by atoms with Crippen molar-refractivity contribution >= 4 is 92.9 Å². The van der Waals surface area contributed by atoms with Crippen molar-refractivity contribution in [3.8, 4) is 0 Å². The van der Waals surface area contributed by atoms with Gasteiger partial charge in [-0.3, -0.25) is 0 Å². The van der Waals surface area contributed by atoms with Gasteiger partial charge in [-0.05, 0) is 85.6 Å². The van der Waals surface area contributed by atoms with Crippen LogP contribution in [0, 0.1) is 0 Å². The zero-order valence-corrected chi connectivity index (χ0v) is 24.9. The van der Waals surface area contributed by atoms with Gasteiger partial charge >= 0.3 is 0 Å². The minimum atomic E-state index is 0.892. The summed E-state index contributed by atoms with van der Waals surface area (Å²) in [5.41, 5.74) is 5.17. The molecule has 0 unspecified atom stereocenters. The molecule has 2 heteroatoms. The van der Waals surface area contributed by atoms with Crippen molar-refractivity contribution in [1.82, 2.24) is 0 Å². The van der Waals surface area contributed by atoms with Gasteiger partial charge in [0.1, 0.15) is 11.2 Å². The third kappa shape index (κ3) is 3.71. The average molecular weight is 586 g/mol. The Morgan fingerprint density at radius 2 is 0.848 bits per heavy atom. The van der Waals surface area contributed by atoms with Gasteiger partial charge in [-0.2, -0.15) is 0 Å². The lowest BCUT2D eigenvalue weighted by Gasteiger charge is -2.28. The summed E-state index contributed by atoms with van der Waals surface area (Å²) in [6.07, 6.45) is 0. The lowest BCUT2D eigenvalue weighted by molar-refractivity contribution is 0.672. The molecule has 10 aromatic rings. The van der Waals surface area contributed by atoms with Gasteiger partial charge in [0.25, 0.3) is 0 Å². The number of rotatable bonds is 3. The van der Waals surface area contributed by atoms with E-state index in [1.807, 2.05) is 0 Å². The largest absolute Gasteiger partial charge is 0.455 e. The fourth-order valence-corrected chi connectivity index (χ4v) is 7.42. The molecule has 1 heterocycles. The average Bonchev–Trinajstić information content (AvgIpc) is 3.50. The molecule has 214 valence electrons. The Hall–Kier alpha value is -6.12. The van der Waals surface area contributed by atoms with E-state index in [4.69, 9.17) is 4.42 Å². The van der Waals surface area contributed by atoms with Crippen LogP contribution >= 0.6 is 0 Å². The van der Waals surface area contributed by atoms with Crippen LogP contribution in [0.2, 0.25) is 0 Å². The topological polar surface area (TPSA) is 16.4 Å². The molecule has 0 radical (unpaired) electrons. The number of hydrogen-bond donors (Lipinski definition) is 0. The molecule has 0 spiro atoms. The van der Waals surface area contributed by atoms with E-state index in [2.05, 4.69) is 169 Å². The maximum atomic E-state index is 6.52. The first kappa shape index (κ1) is 25.2. The van der Waals surface area contributed by atoms with E-state index in [1.54, 1.807) is 0 Å². The van der Waals surface area contributed by atoms with Crippen LogP contribution in [0.4, 0.5) is 17.1 Å². The van der Waals surface area contributed by atoms with E-state index in [1.165, 1.54) is 48.5 Å². The fourth-order valence-electron chi connectivity index (χ4n) is 7.42. The molecule has 2 nitrogen and oxygen atoms in total. The Labute approximate surface area is 265 Å². The molecule has 0 saturated heterocycles. The molecule has 0 fully saturated rings.